The minimum Gasteiger partial charge on any atom is -0.479 e. The lowest BCUT2D eigenvalue weighted by molar-refractivity contribution is -0.142. The molecular formula is C30H22F3N3O4. The molecule has 5 rings (SSSR count). The average molecular weight is 546 g/mol. The Balaban J connectivity index is 1.28. The van der Waals surface area contributed by atoms with Gasteiger partial charge in [0.05, 0.1) is 5.56 Å². The van der Waals surface area contributed by atoms with E-state index in [0.717, 1.165) is 23.3 Å². The van der Waals surface area contributed by atoms with Crippen LogP contribution in [0.4, 0.5) is 29.3 Å². The molecule has 4 aromatic carbocycles. The SMILES string of the molecule is O=C(Nc1ccc(-c2ccc3c(c2)CN([C@H](C(=O)O)c2ccccc2)C3=O)cc1)Nc1cccc(C(F)(F)F)c1. The highest BCUT2D eigenvalue weighted by Crippen LogP contribution is 2.34. The van der Waals surface area contributed by atoms with Crippen molar-refractivity contribution >= 4 is 29.3 Å². The van der Waals surface area contributed by atoms with Crippen LogP contribution in [0.1, 0.15) is 33.1 Å². The van der Waals surface area contributed by atoms with Crippen LogP contribution >= 0.6 is 0 Å². The van der Waals surface area contributed by atoms with Crippen LogP contribution in [-0.4, -0.2) is 27.9 Å². The summed E-state index contributed by atoms with van der Waals surface area (Å²) in [7, 11) is 0. The average Bonchev–Trinajstić information content (AvgIpc) is 3.24. The summed E-state index contributed by atoms with van der Waals surface area (Å²) >= 11 is 0. The van der Waals surface area contributed by atoms with Crippen molar-refractivity contribution in [2.75, 3.05) is 10.6 Å². The molecule has 202 valence electrons. The zero-order valence-corrected chi connectivity index (χ0v) is 20.8. The predicted octanol–water partition coefficient (Wildman–Crippen LogP) is 6.80. The maximum Gasteiger partial charge on any atom is 0.416 e. The van der Waals surface area contributed by atoms with Gasteiger partial charge in [-0.15, -0.1) is 0 Å². The van der Waals surface area contributed by atoms with Gasteiger partial charge in [0.15, 0.2) is 6.04 Å². The first-order valence-electron chi connectivity index (χ1n) is 12.2. The van der Waals surface area contributed by atoms with Crippen LogP contribution in [-0.2, 0) is 17.5 Å². The second-order valence-electron chi connectivity index (χ2n) is 9.19. The molecule has 3 amide bonds. The molecule has 0 bridgehead atoms. The van der Waals surface area contributed by atoms with E-state index in [9.17, 15) is 32.7 Å². The molecule has 0 aromatic heterocycles. The maximum atomic E-state index is 13.1. The van der Waals surface area contributed by atoms with E-state index in [2.05, 4.69) is 10.6 Å². The third-order valence-electron chi connectivity index (χ3n) is 6.52. The summed E-state index contributed by atoms with van der Waals surface area (Å²) < 4.78 is 38.7. The van der Waals surface area contributed by atoms with E-state index in [-0.39, 0.29) is 18.1 Å². The Labute approximate surface area is 226 Å². The smallest absolute Gasteiger partial charge is 0.416 e. The van der Waals surface area contributed by atoms with Gasteiger partial charge in [-0.3, -0.25) is 4.79 Å². The number of carboxylic acid groups (broad SMARTS) is 1. The number of nitrogens with zero attached hydrogens (tertiary/aromatic N) is 1. The van der Waals surface area contributed by atoms with Crippen molar-refractivity contribution in [1.82, 2.24) is 4.90 Å². The molecule has 0 saturated heterocycles. The molecule has 4 aromatic rings. The van der Waals surface area contributed by atoms with Crippen molar-refractivity contribution in [2.45, 2.75) is 18.8 Å². The molecule has 0 aliphatic carbocycles. The fourth-order valence-corrected chi connectivity index (χ4v) is 4.64. The Bertz CT molecular complexity index is 1590. The van der Waals surface area contributed by atoms with E-state index < -0.39 is 29.8 Å². The number of fused-ring (bicyclic) bond motifs is 1. The van der Waals surface area contributed by atoms with E-state index >= 15 is 0 Å². The fourth-order valence-electron chi connectivity index (χ4n) is 4.64. The first-order valence-corrected chi connectivity index (χ1v) is 12.2. The number of anilines is 2. The number of carbonyl (C=O) groups is 3. The van der Waals surface area contributed by atoms with Gasteiger partial charge in [-0.25, -0.2) is 9.59 Å². The molecule has 0 saturated carbocycles. The van der Waals surface area contributed by atoms with Gasteiger partial charge in [0.1, 0.15) is 0 Å². The topological polar surface area (TPSA) is 98.7 Å². The summed E-state index contributed by atoms with van der Waals surface area (Å²) in [5.41, 5.74) is 2.79. The fraction of sp³-hybridized carbons (Fsp3) is 0.100. The first kappa shape index (κ1) is 26.5. The highest BCUT2D eigenvalue weighted by atomic mass is 19.4. The Morgan fingerprint density at radius 1 is 0.800 bits per heavy atom. The van der Waals surface area contributed by atoms with Gasteiger partial charge in [-0.1, -0.05) is 54.6 Å². The molecule has 10 heteroatoms. The Morgan fingerprint density at radius 2 is 1.48 bits per heavy atom. The lowest BCUT2D eigenvalue weighted by Crippen LogP contribution is -2.34. The number of aliphatic carboxylic acids is 1. The first-order chi connectivity index (χ1) is 19.1. The molecule has 7 nitrogen and oxygen atoms in total. The van der Waals surface area contributed by atoms with Crippen LogP contribution < -0.4 is 10.6 Å². The summed E-state index contributed by atoms with van der Waals surface area (Å²) in [4.78, 5) is 38.8. The summed E-state index contributed by atoms with van der Waals surface area (Å²) in [5.74, 6) is -1.48. The molecule has 1 atom stereocenters. The lowest BCUT2D eigenvalue weighted by atomic mass is 10.0. The lowest BCUT2D eigenvalue weighted by Gasteiger charge is -2.24. The number of benzene rings is 4. The van der Waals surface area contributed by atoms with Gasteiger partial charge < -0.3 is 20.6 Å². The number of amides is 3. The second-order valence-corrected chi connectivity index (χ2v) is 9.19. The number of nitrogens with one attached hydrogen (secondary N) is 2. The van der Waals surface area contributed by atoms with Crippen molar-refractivity contribution in [3.05, 3.63) is 119 Å². The van der Waals surface area contributed by atoms with E-state index in [1.54, 1.807) is 66.7 Å². The summed E-state index contributed by atoms with van der Waals surface area (Å²) in [6, 6.07) is 23.2. The molecule has 0 radical (unpaired) electrons. The van der Waals surface area contributed by atoms with Gasteiger partial charge in [0, 0.05) is 23.5 Å². The number of carboxylic acids is 1. The van der Waals surface area contributed by atoms with Gasteiger partial charge in [-0.2, -0.15) is 13.2 Å². The molecular weight excluding hydrogens is 523 g/mol. The molecule has 40 heavy (non-hydrogen) atoms. The van der Waals surface area contributed by atoms with Crippen molar-refractivity contribution in [3.8, 4) is 11.1 Å². The van der Waals surface area contributed by atoms with Crippen LogP contribution in [0.5, 0.6) is 0 Å². The number of urea groups is 1. The van der Waals surface area contributed by atoms with E-state index in [4.69, 9.17) is 0 Å². The highest BCUT2D eigenvalue weighted by molar-refractivity contribution is 6.01. The Hall–Kier alpha value is -5.12. The summed E-state index contributed by atoms with van der Waals surface area (Å²) in [6.07, 6.45) is -4.52. The zero-order chi connectivity index (χ0) is 28.4. The van der Waals surface area contributed by atoms with Crippen molar-refractivity contribution in [1.29, 1.82) is 0 Å². The van der Waals surface area contributed by atoms with Crippen LogP contribution in [0.15, 0.2) is 97.1 Å². The number of halogens is 3. The van der Waals surface area contributed by atoms with Crippen LogP contribution in [0.2, 0.25) is 0 Å². The van der Waals surface area contributed by atoms with Gasteiger partial charge in [0.2, 0.25) is 0 Å². The minimum atomic E-state index is -4.52. The summed E-state index contributed by atoms with van der Waals surface area (Å²) in [5, 5.41) is 14.8. The van der Waals surface area contributed by atoms with Crippen molar-refractivity contribution in [2.24, 2.45) is 0 Å². The van der Waals surface area contributed by atoms with Crippen LogP contribution in [0.3, 0.4) is 0 Å². The van der Waals surface area contributed by atoms with Gasteiger partial charge in [0.25, 0.3) is 5.91 Å². The number of carbonyl (C=O) groups excluding carboxylic acids is 2. The Kier molecular flexibility index (Phi) is 7.00. The van der Waals surface area contributed by atoms with Crippen molar-refractivity contribution < 1.29 is 32.7 Å². The predicted molar refractivity (Wildman–Crippen MR) is 143 cm³/mol. The highest BCUT2D eigenvalue weighted by Gasteiger charge is 2.37. The molecule has 3 N–H and O–H groups in total. The zero-order valence-electron chi connectivity index (χ0n) is 20.8. The van der Waals surface area contributed by atoms with Crippen LogP contribution in [0, 0.1) is 0 Å². The third kappa shape index (κ3) is 5.51. The number of rotatable bonds is 6. The summed E-state index contributed by atoms with van der Waals surface area (Å²) in [6.45, 7) is 0.142. The molecule has 1 aliphatic heterocycles. The normalized spacial score (nSPS) is 13.5. The third-order valence-corrected chi connectivity index (χ3v) is 6.52. The number of hydrogen-bond donors (Lipinski definition) is 3. The van der Waals surface area contributed by atoms with Gasteiger partial charge in [-0.05, 0) is 64.7 Å². The molecule has 1 aliphatic rings. The largest absolute Gasteiger partial charge is 0.479 e. The molecule has 1 heterocycles. The number of alkyl halides is 3. The molecule has 0 spiro atoms. The standard InChI is InChI=1S/C30H22F3N3O4/c31-30(32,33)22-7-4-8-24(16-22)35-29(40)34-23-12-9-18(10-13-23)20-11-14-25-21(15-20)17-36(27(25)37)26(28(38)39)19-5-2-1-3-6-19/h1-16,26H,17H2,(H,38,39)(H2,34,35,40)/t26-/m0/s1. The van der Waals surface area contributed by atoms with Crippen LogP contribution in [0.25, 0.3) is 11.1 Å². The second kappa shape index (κ2) is 10.6. The quantitative estimate of drug-likeness (QED) is 0.248. The molecule has 0 unspecified atom stereocenters. The van der Waals surface area contributed by atoms with E-state index in [1.165, 1.54) is 17.0 Å². The maximum absolute atomic E-state index is 13.1. The van der Waals surface area contributed by atoms with E-state index in [1.807, 2.05) is 6.07 Å². The minimum absolute atomic E-state index is 0.00285. The number of hydrogen-bond acceptors (Lipinski definition) is 3. The Morgan fingerprint density at radius 3 is 2.15 bits per heavy atom. The van der Waals surface area contributed by atoms with Gasteiger partial charge >= 0.3 is 18.2 Å². The van der Waals surface area contributed by atoms with E-state index in [0.29, 0.717) is 22.4 Å². The molecule has 0 fully saturated rings. The monoisotopic (exact) mass is 545 g/mol. The van der Waals surface area contributed by atoms with Crippen molar-refractivity contribution in [3.63, 3.8) is 0 Å².